The molecular formula is C24H31N9O3. The summed E-state index contributed by atoms with van der Waals surface area (Å²) in [6.07, 6.45) is 9.70. The first-order valence-electron chi connectivity index (χ1n) is 12.6. The lowest BCUT2D eigenvalue weighted by atomic mass is 9.98. The SMILES string of the molecule is N#CC1(COc2nc(C(=O)NCCC3CC3)nc(N3CCC(COc4cncnc4N)CC3)n2)CC1. The minimum atomic E-state index is -0.467. The Labute approximate surface area is 209 Å². The van der Waals surface area contributed by atoms with Crippen molar-refractivity contribution in [1.29, 1.82) is 5.26 Å². The lowest BCUT2D eigenvalue weighted by Crippen LogP contribution is -2.37. The van der Waals surface area contributed by atoms with E-state index in [2.05, 4.69) is 36.3 Å². The highest BCUT2D eigenvalue weighted by atomic mass is 16.5. The molecule has 0 unspecified atom stereocenters. The molecule has 5 rings (SSSR count). The number of nitrogen functional groups attached to an aromatic ring is 1. The van der Waals surface area contributed by atoms with Crippen molar-refractivity contribution in [1.82, 2.24) is 30.2 Å². The van der Waals surface area contributed by atoms with E-state index in [4.69, 9.17) is 15.2 Å². The van der Waals surface area contributed by atoms with Crippen molar-refractivity contribution in [3.05, 3.63) is 18.3 Å². The Kier molecular flexibility index (Phi) is 6.97. The molecule has 12 nitrogen and oxygen atoms in total. The van der Waals surface area contributed by atoms with Gasteiger partial charge < -0.3 is 25.4 Å². The highest BCUT2D eigenvalue weighted by molar-refractivity contribution is 5.90. The molecule has 2 aromatic heterocycles. The second kappa shape index (κ2) is 10.5. The van der Waals surface area contributed by atoms with Gasteiger partial charge in [-0.25, -0.2) is 9.97 Å². The highest BCUT2D eigenvalue weighted by Crippen LogP contribution is 2.44. The van der Waals surface area contributed by atoms with E-state index in [1.165, 1.54) is 19.2 Å². The van der Waals surface area contributed by atoms with Crippen molar-refractivity contribution in [3.8, 4) is 17.8 Å². The van der Waals surface area contributed by atoms with Crippen LogP contribution in [0.15, 0.2) is 12.5 Å². The smallest absolute Gasteiger partial charge is 0.322 e. The van der Waals surface area contributed by atoms with E-state index in [0.29, 0.717) is 49.7 Å². The third-order valence-corrected chi connectivity index (χ3v) is 6.99. The van der Waals surface area contributed by atoms with Crippen molar-refractivity contribution in [3.63, 3.8) is 0 Å². The topological polar surface area (TPSA) is 165 Å². The second-order valence-corrected chi connectivity index (χ2v) is 9.92. The zero-order valence-electron chi connectivity index (χ0n) is 20.2. The molecule has 1 aliphatic heterocycles. The number of amides is 1. The monoisotopic (exact) mass is 493 g/mol. The summed E-state index contributed by atoms with van der Waals surface area (Å²) in [5, 5.41) is 12.3. The molecule has 2 aromatic rings. The fraction of sp³-hybridized carbons (Fsp3) is 0.625. The molecule has 1 saturated heterocycles. The maximum absolute atomic E-state index is 12.8. The maximum atomic E-state index is 12.8. The Hall–Kier alpha value is -3.75. The molecule has 0 aromatic carbocycles. The van der Waals surface area contributed by atoms with Crippen LogP contribution in [0.1, 0.15) is 55.6 Å². The van der Waals surface area contributed by atoms with Crippen LogP contribution in [-0.4, -0.2) is 63.7 Å². The first-order valence-corrected chi connectivity index (χ1v) is 12.6. The van der Waals surface area contributed by atoms with E-state index < -0.39 is 5.41 Å². The number of hydrogen-bond acceptors (Lipinski definition) is 11. The molecule has 3 aliphatic rings. The fourth-order valence-corrected chi connectivity index (χ4v) is 4.12. The number of carbonyl (C=O) groups excluding carboxylic acids is 1. The summed E-state index contributed by atoms with van der Waals surface area (Å²) < 4.78 is 11.6. The quantitative estimate of drug-likeness (QED) is 0.468. The van der Waals surface area contributed by atoms with Gasteiger partial charge in [0.15, 0.2) is 11.6 Å². The number of ether oxygens (including phenoxy) is 2. The number of nitriles is 1. The first kappa shape index (κ1) is 24.0. The average Bonchev–Trinajstić information content (AvgIpc) is 3.84. The van der Waals surface area contributed by atoms with Gasteiger partial charge in [-0.1, -0.05) is 12.8 Å². The standard InChI is InChI=1S/C24H31N9O3/c25-13-24(6-7-24)14-36-23-31-20(21(34)28-8-3-16-1-2-16)30-22(32-23)33-9-4-17(5-10-33)12-35-18-11-27-15-29-19(18)26/h11,15-17H,1-10,12,14H2,(H,28,34)(H2,26,27,29). The summed E-state index contributed by atoms with van der Waals surface area (Å²) in [4.78, 5) is 35.9. The molecule has 0 atom stereocenters. The van der Waals surface area contributed by atoms with E-state index in [9.17, 15) is 10.1 Å². The average molecular weight is 494 g/mol. The van der Waals surface area contributed by atoms with E-state index in [1.807, 2.05) is 4.90 Å². The molecule has 1 amide bonds. The van der Waals surface area contributed by atoms with Crippen LogP contribution in [0.3, 0.4) is 0 Å². The Balaban J connectivity index is 1.22. The van der Waals surface area contributed by atoms with Crippen LogP contribution in [0, 0.1) is 28.6 Å². The third-order valence-electron chi connectivity index (χ3n) is 6.99. The summed E-state index contributed by atoms with van der Waals surface area (Å²) in [5.74, 6) is 1.97. The number of rotatable bonds is 11. The number of hydrogen-bond donors (Lipinski definition) is 2. The van der Waals surface area contributed by atoms with Gasteiger partial charge in [0.1, 0.15) is 12.9 Å². The molecule has 3 N–H and O–H groups in total. The molecule has 0 bridgehead atoms. The van der Waals surface area contributed by atoms with E-state index in [1.54, 1.807) is 6.20 Å². The van der Waals surface area contributed by atoms with Crippen LogP contribution in [-0.2, 0) is 0 Å². The van der Waals surface area contributed by atoms with Gasteiger partial charge in [0, 0.05) is 19.6 Å². The van der Waals surface area contributed by atoms with Crippen molar-refractivity contribution in [2.24, 2.45) is 17.3 Å². The van der Waals surface area contributed by atoms with E-state index in [0.717, 1.165) is 38.0 Å². The van der Waals surface area contributed by atoms with Gasteiger partial charge in [-0.05, 0) is 43.9 Å². The summed E-state index contributed by atoms with van der Waals surface area (Å²) in [6.45, 7) is 2.72. The number of nitrogens with one attached hydrogen (secondary N) is 1. The van der Waals surface area contributed by atoms with Gasteiger partial charge in [-0.15, -0.1) is 0 Å². The molecule has 190 valence electrons. The molecule has 36 heavy (non-hydrogen) atoms. The highest BCUT2D eigenvalue weighted by Gasteiger charge is 2.44. The normalized spacial score (nSPS) is 18.8. The minimum Gasteiger partial charge on any atom is -0.488 e. The second-order valence-electron chi connectivity index (χ2n) is 9.92. The summed E-state index contributed by atoms with van der Waals surface area (Å²) in [7, 11) is 0. The van der Waals surface area contributed by atoms with Gasteiger partial charge in [0.25, 0.3) is 5.91 Å². The molecule has 0 radical (unpaired) electrons. The summed E-state index contributed by atoms with van der Waals surface area (Å²) >= 11 is 0. The number of nitrogens with zero attached hydrogens (tertiary/aromatic N) is 7. The number of piperidine rings is 1. The molecule has 2 aliphatic carbocycles. The third kappa shape index (κ3) is 6.08. The van der Waals surface area contributed by atoms with Crippen LogP contribution in [0.4, 0.5) is 11.8 Å². The Morgan fingerprint density at radius 1 is 1.17 bits per heavy atom. The van der Waals surface area contributed by atoms with Gasteiger partial charge in [0.2, 0.25) is 11.8 Å². The zero-order valence-corrected chi connectivity index (χ0v) is 20.2. The number of nitrogens with two attached hydrogens (primary N) is 1. The largest absolute Gasteiger partial charge is 0.488 e. The van der Waals surface area contributed by atoms with Crippen LogP contribution in [0.5, 0.6) is 11.8 Å². The molecule has 2 saturated carbocycles. The van der Waals surface area contributed by atoms with Crippen LogP contribution >= 0.6 is 0 Å². The Morgan fingerprint density at radius 2 is 1.97 bits per heavy atom. The summed E-state index contributed by atoms with van der Waals surface area (Å²) in [5.41, 5.74) is 5.36. The van der Waals surface area contributed by atoms with Gasteiger partial charge in [0.05, 0.1) is 24.3 Å². The van der Waals surface area contributed by atoms with Gasteiger partial charge in [-0.3, -0.25) is 4.79 Å². The number of carbonyl (C=O) groups is 1. The van der Waals surface area contributed by atoms with Crippen LogP contribution in [0.2, 0.25) is 0 Å². The minimum absolute atomic E-state index is 0.0395. The number of anilines is 2. The Bertz CT molecular complexity index is 1120. The van der Waals surface area contributed by atoms with Crippen LogP contribution < -0.4 is 25.4 Å². The van der Waals surface area contributed by atoms with E-state index >= 15 is 0 Å². The Morgan fingerprint density at radius 3 is 2.67 bits per heavy atom. The van der Waals surface area contributed by atoms with Gasteiger partial charge in [-0.2, -0.15) is 20.2 Å². The van der Waals surface area contributed by atoms with Gasteiger partial charge >= 0.3 is 6.01 Å². The number of aromatic nitrogens is 5. The summed E-state index contributed by atoms with van der Waals surface area (Å²) in [6, 6.07) is 2.38. The molecule has 12 heteroatoms. The predicted octanol–water partition coefficient (Wildman–Crippen LogP) is 1.75. The lowest BCUT2D eigenvalue weighted by Gasteiger charge is -2.32. The van der Waals surface area contributed by atoms with Crippen molar-refractivity contribution in [2.45, 2.75) is 44.9 Å². The first-order chi connectivity index (χ1) is 17.5. The lowest BCUT2D eigenvalue weighted by molar-refractivity contribution is 0.0940. The van der Waals surface area contributed by atoms with Crippen LogP contribution in [0.25, 0.3) is 0 Å². The van der Waals surface area contributed by atoms with Crippen molar-refractivity contribution in [2.75, 3.05) is 43.5 Å². The molecule has 0 spiro atoms. The predicted molar refractivity (Wildman–Crippen MR) is 129 cm³/mol. The van der Waals surface area contributed by atoms with E-state index in [-0.39, 0.29) is 24.3 Å². The molecule has 3 heterocycles. The fourth-order valence-electron chi connectivity index (χ4n) is 4.12. The zero-order chi connectivity index (χ0) is 25.0. The molecule has 3 fully saturated rings. The molecular weight excluding hydrogens is 462 g/mol. The maximum Gasteiger partial charge on any atom is 0.322 e. The van der Waals surface area contributed by atoms with Crippen molar-refractivity contribution >= 4 is 17.7 Å². The van der Waals surface area contributed by atoms with Crippen molar-refractivity contribution < 1.29 is 14.3 Å².